The van der Waals surface area contributed by atoms with Crippen LogP contribution in [0.15, 0.2) is 24.3 Å². The number of hydrogen-bond acceptors (Lipinski definition) is 3. The summed E-state index contributed by atoms with van der Waals surface area (Å²) in [5.41, 5.74) is 0. The zero-order valence-corrected chi connectivity index (χ0v) is 13.3. The maximum atomic E-state index is 13.6. The van der Waals surface area contributed by atoms with Crippen molar-refractivity contribution in [2.75, 3.05) is 13.1 Å². The molecule has 0 aromatic heterocycles. The molecule has 1 aliphatic heterocycles. The minimum absolute atomic E-state index is 0.0576. The third-order valence-electron chi connectivity index (χ3n) is 4.08. The van der Waals surface area contributed by atoms with Crippen LogP contribution in [0.4, 0.5) is 4.39 Å². The first-order chi connectivity index (χ1) is 10.6. The Morgan fingerprint density at radius 2 is 2.27 bits per heavy atom. The average Bonchev–Trinajstić information content (AvgIpc) is 2.52. The number of benzene rings is 1. The topological polar surface area (TPSA) is 50.4 Å². The molecule has 4 nitrogen and oxygen atoms in total. The maximum Gasteiger partial charge on any atom is 0.223 e. The minimum Gasteiger partial charge on any atom is -0.486 e. The van der Waals surface area contributed by atoms with Crippen LogP contribution in [0.25, 0.3) is 0 Å². The molecule has 1 aliphatic rings. The van der Waals surface area contributed by atoms with Gasteiger partial charge in [-0.05, 0) is 44.9 Å². The van der Waals surface area contributed by atoms with E-state index in [1.807, 2.05) is 6.92 Å². The van der Waals surface area contributed by atoms with Gasteiger partial charge in [0.15, 0.2) is 11.6 Å². The molecule has 0 bridgehead atoms. The van der Waals surface area contributed by atoms with Crippen LogP contribution in [0.2, 0.25) is 0 Å². The number of para-hydroxylation sites is 1. The van der Waals surface area contributed by atoms with Gasteiger partial charge in [-0.3, -0.25) is 4.79 Å². The van der Waals surface area contributed by atoms with Gasteiger partial charge in [-0.25, -0.2) is 4.39 Å². The number of piperidine rings is 1. The second-order valence-electron chi connectivity index (χ2n) is 5.90. The molecule has 122 valence electrons. The highest BCUT2D eigenvalue weighted by Gasteiger charge is 2.25. The van der Waals surface area contributed by atoms with E-state index in [9.17, 15) is 9.18 Å². The van der Waals surface area contributed by atoms with Gasteiger partial charge in [0.2, 0.25) is 5.91 Å². The lowest BCUT2D eigenvalue weighted by molar-refractivity contribution is -0.126. The second-order valence-corrected chi connectivity index (χ2v) is 5.90. The van der Waals surface area contributed by atoms with Gasteiger partial charge >= 0.3 is 0 Å². The molecule has 1 heterocycles. The molecule has 2 rings (SSSR count). The van der Waals surface area contributed by atoms with Crippen LogP contribution in [0.3, 0.4) is 0 Å². The Labute approximate surface area is 131 Å². The number of nitrogens with one attached hydrogen (secondary N) is 2. The number of amides is 1. The summed E-state index contributed by atoms with van der Waals surface area (Å²) in [6.45, 7) is 5.34. The lowest BCUT2D eigenvalue weighted by Crippen LogP contribution is -2.44. The van der Waals surface area contributed by atoms with Gasteiger partial charge in [0.05, 0.1) is 6.54 Å². The molecule has 5 heteroatoms. The summed E-state index contributed by atoms with van der Waals surface area (Å²) in [4.78, 5) is 12.2. The van der Waals surface area contributed by atoms with Gasteiger partial charge < -0.3 is 15.4 Å². The SMILES string of the molecule is CCC(CNC(=O)[C@H]1CCN[C@@H](C)C1)Oc1ccccc1F. The highest BCUT2D eigenvalue weighted by molar-refractivity contribution is 5.78. The third kappa shape index (κ3) is 4.70. The van der Waals surface area contributed by atoms with Crippen molar-refractivity contribution in [1.82, 2.24) is 10.6 Å². The van der Waals surface area contributed by atoms with E-state index >= 15 is 0 Å². The zero-order chi connectivity index (χ0) is 15.9. The van der Waals surface area contributed by atoms with Crippen LogP contribution >= 0.6 is 0 Å². The largest absolute Gasteiger partial charge is 0.486 e. The van der Waals surface area contributed by atoms with Crippen molar-refractivity contribution in [3.63, 3.8) is 0 Å². The van der Waals surface area contributed by atoms with Gasteiger partial charge in [-0.1, -0.05) is 19.1 Å². The minimum atomic E-state index is -0.376. The Bertz CT molecular complexity index is 495. The number of carbonyl (C=O) groups is 1. The van der Waals surface area contributed by atoms with E-state index in [2.05, 4.69) is 17.6 Å². The monoisotopic (exact) mass is 308 g/mol. The van der Waals surface area contributed by atoms with Crippen molar-refractivity contribution in [2.45, 2.75) is 45.3 Å². The van der Waals surface area contributed by atoms with Crippen LogP contribution in [0.1, 0.15) is 33.1 Å². The summed E-state index contributed by atoms with van der Waals surface area (Å²) >= 11 is 0. The molecule has 0 saturated carbocycles. The quantitative estimate of drug-likeness (QED) is 0.849. The molecule has 0 aliphatic carbocycles. The second kappa shape index (κ2) is 8.13. The molecule has 2 N–H and O–H groups in total. The van der Waals surface area contributed by atoms with Crippen molar-refractivity contribution in [1.29, 1.82) is 0 Å². The van der Waals surface area contributed by atoms with Crippen LogP contribution in [-0.2, 0) is 4.79 Å². The highest BCUT2D eigenvalue weighted by Crippen LogP contribution is 2.19. The molecule has 22 heavy (non-hydrogen) atoms. The highest BCUT2D eigenvalue weighted by atomic mass is 19.1. The summed E-state index contributed by atoms with van der Waals surface area (Å²) in [6, 6.07) is 6.72. The fraction of sp³-hybridized carbons (Fsp3) is 0.588. The number of carbonyl (C=O) groups excluding carboxylic acids is 1. The van der Waals surface area contributed by atoms with E-state index < -0.39 is 0 Å². The van der Waals surface area contributed by atoms with Crippen molar-refractivity contribution in [3.05, 3.63) is 30.1 Å². The summed E-state index contributed by atoms with van der Waals surface area (Å²) in [6.07, 6.45) is 2.20. The maximum absolute atomic E-state index is 13.6. The fourth-order valence-electron chi connectivity index (χ4n) is 2.72. The van der Waals surface area contributed by atoms with Crippen LogP contribution < -0.4 is 15.4 Å². The first-order valence-corrected chi connectivity index (χ1v) is 8.02. The molecule has 1 unspecified atom stereocenters. The van der Waals surface area contributed by atoms with Crippen molar-refractivity contribution in [2.24, 2.45) is 5.92 Å². The Kier molecular flexibility index (Phi) is 6.19. The predicted molar refractivity (Wildman–Crippen MR) is 84.3 cm³/mol. The van der Waals surface area contributed by atoms with E-state index in [4.69, 9.17) is 4.74 Å². The lowest BCUT2D eigenvalue weighted by Gasteiger charge is -2.27. The van der Waals surface area contributed by atoms with Crippen molar-refractivity contribution >= 4 is 5.91 Å². The molecule has 1 aromatic carbocycles. The molecule has 0 spiro atoms. The molecule has 3 atom stereocenters. The van der Waals surface area contributed by atoms with Crippen molar-refractivity contribution < 1.29 is 13.9 Å². The smallest absolute Gasteiger partial charge is 0.223 e. The molecule has 0 radical (unpaired) electrons. The number of rotatable bonds is 6. The Morgan fingerprint density at radius 3 is 2.95 bits per heavy atom. The number of hydrogen-bond donors (Lipinski definition) is 2. The molecular weight excluding hydrogens is 283 g/mol. The van der Waals surface area contributed by atoms with Gasteiger partial charge in [-0.15, -0.1) is 0 Å². The summed E-state index contributed by atoms with van der Waals surface area (Å²) in [5.74, 6) is -0.00954. The van der Waals surface area contributed by atoms with Crippen LogP contribution in [0.5, 0.6) is 5.75 Å². The summed E-state index contributed by atoms with van der Waals surface area (Å²) in [7, 11) is 0. The van der Waals surface area contributed by atoms with Crippen LogP contribution in [0, 0.1) is 11.7 Å². The normalized spacial score (nSPS) is 22.9. The number of ether oxygens (including phenoxy) is 1. The molecule has 1 amide bonds. The van der Waals surface area contributed by atoms with E-state index in [1.165, 1.54) is 6.07 Å². The van der Waals surface area contributed by atoms with Crippen molar-refractivity contribution in [3.8, 4) is 5.75 Å². The van der Waals surface area contributed by atoms with E-state index in [0.29, 0.717) is 19.0 Å². The summed E-state index contributed by atoms with van der Waals surface area (Å²) in [5, 5.41) is 6.28. The third-order valence-corrected chi connectivity index (χ3v) is 4.08. The fourth-order valence-corrected chi connectivity index (χ4v) is 2.72. The lowest BCUT2D eigenvalue weighted by atomic mass is 9.92. The van der Waals surface area contributed by atoms with E-state index in [0.717, 1.165) is 19.4 Å². The Hall–Kier alpha value is -1.62. The first kappa shape index (κ1) is 16.7. The van der Waals surface area contributed by atoms with Crippen LogP contribution in [-0.4, -0.2) is 31.1 Å². The van der Waals surface area contributed by atoms with Gasteiger partial charge in [0.1, 0.15) is 6.10 Å². The van der Waals surface area contributed by atoms with Gasteiger partial charge in [0.25, 0.3) is 0 Å². The molecule has 1 fully saturated rings. The number of halogens is 1. The first-order valence-electron chi connectivity index (χ1n) is 8.02. The standard InChI is InChI=1S/C17H25FN2O2/c1-3-14(22-16-7-5-4-6-15(16)18)11-20-17(21)13-8-9-19-12(2)10-13/h4-7,12-14,19H,3,8-11H2,1-2H3,(H,20,21)/t12-,13-,14?/m0/s1. The summed E-state index contributed by atoms with van der Waals surface area (Å²) < 4.78 is 19.3. The van der Waals surface area contributed by atoms with E-state index in [1.54, 1.807) is 18.2 Å². The Morgan fingerprint density at radius 1 is 1.50 bits per heavy atom. The molecule has 1 aromatic rings. The Balaban J connectivity index is 1.83. The van der Waals surface area contributed by atoms with E-state index in [-0.39, 0.29) is 29.5 Å². The molecule has 1 saturated heterocycles. The molecular formula is C17H25FN2O2. The zero-order valence-electron chi connectivity index (χ0n) is 13.3. The average molecular weight is 308 g/mol. The van der Waals surface area contributed by atoms with Gasteiger partial charge in [0, 0.05) is 12.0 Å². The van der Waals surface area contributed by atoms with Gasteiger partial charge in [-0.2, -0.15) is 0 Å². The predicted octanol–water partition coefficient (Wildman–Crippen LogP) is 2.49.